The van der Waals surface area contributed by atoms with Gasteiger partial charge in [0.2, 0.25) is 0 Å². The highest BCUT2D eigenvalue weighted by Crippen LogP contribution is 2.30. The van der Waals surface area contributed by atoms with E-state index in [-0.39, 0.29) is 0 Å². The normalized spacial score (nSPS) is 11.1. The number of benzene rings is 1. The zero-order chi connectivity index (χ0) is 11.1. The van der Waals surface area contributed by atoms with Crippen molar-refractivity contribution in [3.8, 4) is 10.7 Å². The van der Waals surface area contributed by atoms with Crippen LogP contribution < -0.4 is 5.73 Å². The summed E-state index contributed by atoms with van der Waals surface area (Å²) in [4.78, 5) is 4.52. The van der Waals surface area contributed by atoms with Crippen molar-refractivity contribution >= 4 is 43.3 Å². The third-order valence-corrected chi connectivity index (χ3v) is 3.74. The van der Waals surface area contributed by atoms with Crippen LogP contribution in [0.3, 0.4) is 0 Å². The number of hydrogen-bond donors (Lipinski definition) is 2. The molecule has 3 aromatic rings. The lowest BCUT2D eigenvalue weighted by Gasteiger charge is -1.87. The van der Waals surface area contributed by atoms with E-state index in [2.05, 4.69) is 31.1 Å². The molecule has 0 spiro atoms. The zero-order valence-electron chi connectivity index (χ0n) is 8.07. The van der Waals surface area contributed by atoms with Gasteiger partial charge in [0.25, 0.3) is 0 Å². The van der Waals surface area contributed by atoms with Crippen molar-refractivity contribution in [2.45, 2.75) is 0 Å². The van der Waals surface area contributed by atoms with E-state index in [4.69, 9.17) is 5.73 Å². The fourth-order valence-electron chi connectivity index (χ4n) is 1.46. The molecule has 0 aliphatic carbocycles. The summed E-state index contributed by atoms with van der Waals surface area (Å²) in [5.74, 6) is 0.482. The Bertz CT molecular complexity index is 658. The first kappa shape index (κ1) is 9.80. The summed E-state index contributed by atoms with van der Waals surface area (Å²) in [5, 5.41) is 7.65. The summed E-state index contributed by atoms with van der Waals surface area (Å²) < 4.78 is 2.17. The van der Waals surface area contributed by atoms with Gasteiger partial charge in [0.05, 0.1) is 15.9 Å². The molecule has 16 heavy (non-hydrogen) atoms. The Labute approximate surface area is 104 Å². The first-order chi connectivity index (χ1) is 7.72. The van der Waals surface area contributed by atoms with Crippen molar-refractivity contribution in [1.82, 2.24) is 15.2 Å². The number of thiazole rings is 1. The van der Waals surface area contributed by atoms with Gasteiger partial charge in [-0.2, -0.15) is 5.10 Å². The predicted molar refractivity (Wildman–Crippen MR) is 69.3 cm³/mol. The van der Waals surface area contributed by atoms with Crippen molar-refractivity contribution in [3.05, 3.63) is 28.7 Å². The highest BCUT2D eigenvalue weighted by atomic mass is 79.9. The maximum Gasteiger partial charge on any atom is 0.145 e. The molecule has 3 N–H and O–H groups in total. The number of nitrogen functional groups attached to an aromatic ring is 1. The van der Waals surface area contributed by atoms with Gasteiger partial charge in [-0.15, -0.1) is 11.3 Å². The first-order valence-electron chi connectivity index (χ1n) is 4.60. The Morgan fingerprint density at radius 3 is 2.94 bits per heavy atom. The molecule has 0 saturated carbocycles. The van der Waals surface area contributed by atoms with Crippen LogP contribution in [0.5, 0.6) is 0 Å². The molecule has 0 saturated heterocycles. The van der Waals surface area contributed by atoms with Crippen molar-refractivity contribution in [1.29, 1.82) is 0 Å². The Morgan fingerprint density at radius 1 is 1.31 bits per heavy atom. The molecule has 2 aromatic heterocycles. The van der Waals surface area contributed by atoms with Gasteiger partial charge in [0.15, 0.2) is 0 Å². The van der Waals surface area contributed by atoms with Gasteiger partial charge >= 0.3 is 0 Å². The predicted octanol–water partition coefficient (Wildman–Crippen LogP) is 3.03. The molecule has 80 valence electrons. The molecule has 0 unspecified atom stereocenters. The van der Waals surface area contributed by atoms with Crippen molar-refractivity contribution < 1.29 is 0 Å². The summed E-state index contributed by atoms with van der Waals surface area (Å²) in [5.41, 5.74) is 7.39. The molecule has 3 rings (SSSR count). The van der Waals surface area contributed by atoms with Crippen molar-refractivity contribution in [2.75, 3.05) is 5.73 Å². The van der Waals surface area contributed by atoms with Gasteiger partial charge < -0.3 is 5.73 Å². The molecule has 2 heterocycles. The fraction of sp³-hybridized carbons (Fsp3) is 0. The molecule has 0 radical (unpaired) electrons. The lowest BCUT2D eigenvalue weighted by atomic mass is 10.3. The Kier molecular flexibility index (Phi) is 2.19. The molecule has 0 bridgehead atoms. The second-order valence-electron chi connectivity index (χ2n) is 3.34. The van der Waals surface area contributed by atoms with E-state index in [1.54, 1.807) is 17.4 Å². The number of nitrogens with one attached hydrogen (secondary N) is 1. The number of anilines is 1. The van der Waals surface area contributed by atoms with Crippen LogP contribution in [0.25, 0.3) is 20.9 Å². The summed E-state index contributed by atoms with van der Waals surface area (Å²) >= 11 is 5.04. The fourth-order valence-corrected chi connectivity index (χ4v) is 2.72. The number of aromatic amines is 1. The molecule has 1 aromatic carbocycles. The highest BCUT2D eigenvalue weighted by Gasteiger charge is 2.08. The Hall–Kier alpha value is -1.40. The minimum Gasteiger partial charge on any atom is -0.382 e. The number of nitrogens with two attached hydrogens (primary N) is 1. The maximum atomic E-state index is 5.56. The molecule has 0 atom stereocenters. The number of aromatic nitrogens is 3. The van der Waals surface area contributed by atoms with E-state index in [0.29, 0.717) is 5.82 Å². The van der Waals surface area contributed by atoms with Gasteiger partial charge in [-0.1, -0.05) is 15.9 Å². The van der Waals surface area contributed by atoms with Crippen LogP contribution in [0.1, 0.15) is 0 Å². The second kappa shape index (κ2) is 3.57. The van der Waals surface area contributed by atoms with E-state index in [0.717, 1.165) is 25.4 Å². The summed E-state index contributed by atoms with van der Waals surface area (Å²) in [6, 6.07) is 7.83. The smallest absolute Gasteiger partial charge is 0.145 e. The summed E-state index contributed by atoms with van der Waals surface area (Å²) in [6.45, 7) is 0. The second-order valence-corrected chi connectivity index (χ2v) is 5.28. The minimum absolute atomic E-state index is 0.482. The zero-order valence-corrected chi connectivity index (χ0v) is 10.5. The molecular weight excluding hydrogens is 288 g/mol. The van der Waals surface area contributed by atoms with Gasteiger partial charge in [-0.05, 0) is 18.2 Å². The lowest BCUT2D eigenvalue weighted by molar-refractivity contribution is 1.10. The standard InChI is InChI=1S/C10H7BrN4S/c11-5-1-2-8-6(3-5)13-10(16-8)7-4-9(12)15-14-7/h1-4H,(H3,12,14,15). The van der Waals surface area contributed by atoms with Crippen LogP contribution in [-0.2, 0) is 0 Å². The Balaban J connectivity index is 2.18. The third kappa shape index (κ3) is 1.60. The van der Waals surface area contributed by atoms with E-state index < -0.39 is 0 Å². The average molecular weight is 295 g/mol. The number of fused-ring (bicyclic) bond motifs is 1. The number of H-pyrrole nitrogens is 1. The summed E-state index contributed by atoms with van der Waals surface area (Å²) in [7, 11) is 0. The summed E-state index contributed by atoms with van der Waals surface area (Å²) in [6.07, 6.45) is 0. The average Bonchev–Trinajstić information content (AvgIpc) is 2.83. The first-order valence-corrected chi connectivity index (χ1v) is 6.21. The molecule has 0 fully saturated rings. The Morgan fingerprint density at radius 2 is 2.19 bits per heavy atom. The van der Waals surface area contributed by atoms with Crippen molar-refractivity contribution in [3.63, 3.8) is 0 Å². The molecule has 4 nitrogen and oxygen atoms in total. The van der Waals surface area contributed by atoms with Crippen LogP contribution in [0.4, 0.5) is 5.82 Å². The van der Waals surface area contributed by atoms with Gasteiger partial charge in [0.1, 0.15) is 10.8 Å². The SMILES string of the molecule is Nc1cc(-c2nc3cc(Br)ccc3s2)[nH]n1. The van der Waals surface area contributed by atoms with Crippen LogP contribution in [0, 0.1) is 0 Å². The van der Waals surface area contributed by atoms with Crippen LogP contribution in [0.2, 0.25) is 0 Å². The van der Waals surface area contributed by atoms with E-state index in [1.807, 2.05) is 18.2 Å². The largest absolute Gasteiger partial charge is 0.382 e. The highest BCUT2D eigenvalue weighted by molar-refractivity contribution is 9.10. The van der Waals surface area contributed by atoms with E-state index in [1.165, 1.54) is 0 Å². The topological polar surface area (TPSA) is 67.6 Å². The van der Waals surface area contributed by atoms with E-state index in [9.17, 15) is 0 Å². The van der Waals surface area contributed by atoms with Crippen LogP contribution in [-0.4, -0.2) is 15.2 Å². The van der Waals surface area contributed by atoms with Gasteiger partial charge in [-0.25, -0.2) is 4.98 Å². The molecular formula is C10H7BrN4S. The number of halogens is 1. The maximum absolute atomic E-state index is 5.56. The monoisotopic (exact) mass is 294 g/mol. The number of nitrogens with zero attached hydrogens (tertiary/aromatic N) is 2. The molecule has 0 aliphatic rings. The third-order valence-electron chi connectivity index (χ3n) is 2.18. The van der Waals surface area contributed by atoms with Gasteiger partial charge in [-0.3, -0.25) is 5.10 Å². The van der Waals surface area contributed by atoms with Crippen LogP contribution in [0.15, 0.2) is 28.7 Å². The van der Waals surface area contributed by atoms with Crippen LogP contribution >= 0.6 is 27.3 Å². The molecule has 0 aliphatic heterocycles. The minimum atomic E-state index is 0.482. The number of rotatable bonds is 1. The lowest BCUT2D eigenvalue weighted by Crippen LogP contribution is -1.81. The number of hydrogen-bond acceptors (Lipinski definition) is 4. The van der Waals surface area contributed by atoms with Crippen molar-refractivity contribution in [2.24, 2.45) is 0 Å². The molecule has 6 heteroatoms. The van der Waals surface area contributed by atoms with Gasteiger partial charge in [0, 0.05) is 10.5 Å². The molecule has 0 amide bonds. The quantitative estimate of drug-likeness (QED) is 0.725. The van der Waals surface area contributed by atoms with E-state index >= 15 is 0 Å².